The van der Waals surface area contributed by atoms with Crippen molar-refractivity contribution in [3.63, 3.8) is 0 Å². The lowest BCUT2D eigenvalue weighted by molar-refractivity contribution is -0.136. The Morgan fingerprint density at radius 1 is 1.00 bits per heavy atom. The van der Waals surface area contributed by atoms with Crippen LogP contribution in [0.5, 0.6) is 5.75 Å². The molecule has 184 valence electrons. The first kappa shape index (κ1) is 32.4. The number of hydrogen-bond donors (Lipinski definition) is 0. The van der Waals surface area contributed by atoms with E-state index in [1.165, 1.54) is 0 Å². The van der Waals surface area contributed by atoms with Gasteiger partial charge in [-0.2, -0.15) is 0 Å². The molecule has 5 heteroatoms. The fourth-order valence-corrected chi connectivity index (χ4v) is 3.09. The monoisotopic (exact) mass is 468 g/mol. The van der Waals surface area contributed by atoms with Crippen molar-refractivity contribution in [3.8, 4) is 5.75 Å². The van der Waals surface area contributed by atoms with Crippen LogP contribution >= 0.6 is 12.4 Å². The third-order valence-corrected chi connectivity index (χ3v) is 4.50. The number of Topliss-reactive ketones (excluding diaryl/α,β-unsaturated/α-hetero) is 1. The number of esters is 1. The number of ether oxygens (including phenoxy) is 2. The first-order valence-electron chi connectivity index (χ1n) is 11.3. The van der Waals surface area contributed by atoms with Crippen molar-refractivity contribution in [2.45, 2.75) is 88.0 Å². The molecule has 0 bridgehead atoms. The predicted octanol–water partition coefficient (Wildman–Crippen LogP) is 7.36. The second-order valence-corrected chi connectivity index (χ2v) is 10.4. The molecule has 0 aliphatic carbocycles. The Morgan fingerprint density at radius 3 is 2.00 bits per heavy atom. The van der Waals surface area contributed by atoms with E-state index in [0.717, 1.165) is 11.1 Å². The smallest absolute Gasteiger partial charge is 0.311 e. The van der Waals surface area contributed by atoms with E-state index in [0.29, 0.717) is 30.8 Å². The van der Waals surface area contributed by atoms with Crippen molar-refractivity contribution < 1.29 is 19.1 Å². The van der Waals surface area contributed by atoms with Gasteiger partial charge in [-0.15, -0.1) is 12.4 Å². The summed E-state index contributed by atoms with van der Waals surface area (Å²) in [6.07, 6.45) is 1.76. The second kappa shape index (κ2) is 14.4. The summed E-state index contributed by atoms with van der Waals surface area (Å²) in [5.41, 5.74) is 1.53. The van der Waals surface area contributed by atoms with Gasteiger partial charge in [-0.25, -0.2) is 0 Å². The Hall–Kier alpha value is -1.81. The number of rotatable bonds is 9. The molecule has 0 heterocycles. The minimum absolute atomic E-state index is 0. The third kappa shape index (κ3) is 13.6. The molecular formula is C27H45ClO4. The van der Waals surface area contributed by atoms with Gasteiger partial charge in [-0.3, -0.25) is 9.59 Å². The normalized spacial score (nSPS) is 11.9. The van der Waals surface area contributed by atoms with E-state index in [1.54, 1.807) is 7.11 Å². The maximum absolute atomic E-state index is 12.5. The van der Waals surface area contributed by atoms with E-state index in [1.807, 2.05) is 80.5 Å². The Balaban J connectivity index is 0. The number of benzene rings is 1. The lowest BCUT2D eigenvalue weighted by Gasteiger charge is -2.20. The van der Waals surface area contributed by atoms with Gasteiger partial charge in [0.15, 0.2) is 0 Å². The zero-order valence-corrected chi connectivity index (χ0v) is 22.7. The zero-order valence-electron chi connectivity index (χ0n) is 21.9. The molecule has 1 aromatic rings. The van der Waals surface area contributed by atoms with Gasteiger partial charge < -0.3 is 9.47 Å². The van der Waals surface area contributed by atoms with Crippen LogP contribution in [0.1, 0.15) is 86.3 Å². The van der Waals surface area contributed by atoms with Crippen molar-refractivity contribution in [1.29, 1.82) is 0 Å². The van der Waals surface area contributed by atoms with E-state index >= 15 is 0 Å². The third-order valence-electron chi connectivity index (χ3n) is 4.50. The number of ketones is 1. The van der Waals surface area contributed by atoms with Crippen molar-refractivity contribution in [1.82, 2.24) is 0 Å². The van der Waals surface area contributed by atoms with Crippen molar-refractivity contribution in [2.24, 2.45) is 16.7 Å². The van der Waals surface area contributed by atoms with Crippen LogP contribution in [-0.4, -0.2) is 18.9 Å². The molecule has 0 aliphatic heterocycles. The molecule has 0 unspecified atom stereocenters. The van der Waals surface area contributed by atoms with Gasteiger partial charge in [0, 0.05) is 24.3 Å². The van der Waals surface area contributed by atoms with Crippen LogP contribution in [0.25, 0.3) is 0 Å². The predicted molar refractivity (Wildman–Crippen MR) is 137 cm³/mol. The summed E-state index contributed by atoms with van der Waals surface area (Å²) in [6.45, 7) is 22.1. The van der Waals surface area contributed by atoms with E-state index in [9.17, 15) is 9.59 Å². The highest BCUT2D eigenvalue weighted by Gasteiger charge is 2.22. The van der Waals surface area contributed by atoms with Gasteiger partial charge in [-0.05, 0) is 28.9 Å². The van der Waals surface area contributed by atoms with Crippen LogP contribution in [-0.2, 0) is 27.2 Å². The first-order valence-corrected chi connectivity index (χ1v) is 11.3. The standard InChI is InChI=1S/C25H38O4.C2H6.ClH/c1-17(18(2)28-9)12-19-10-11-20(14-21(26)15-24(3,4)5)22(13-19)29-23(27)16-25(6,7)8;1-2;/h10-11,13,17H,2,12,14-16H2,1,3-9H3;1-2H3;1H/t17-;;/m0../s1. The summed E-state index contributed by atoms with van der Waals surface area (Å²) < 4.78 is 10.9. The van der Waals surface area contributed by atoms with Gasteiger partial charge >= 0.3 is 5.97 Å². The second-order valence-electron chi connectivity index (χ2n) is 10.4. The molecule has 0 radical (unpaired) electrons. The SMILES string of the molecule is C=C(OC)[C@@H](C)Cc1ccc(CC(=O)CC(C)(C)C)c(OC(=O)CC(C)(C)C)c1.CC.Cl. The molecule has 4 nitrogen and oxygen atoms in total. The molecule has 0 fully saturated rings. The fourth-order valence-electron chi connectivity index (χ4n) is 3.09. The van der Waals surface area contributed by atoms with Crippen molar-refractivity contribution in [2.75, 3.05) is 7.11 Å². The molecule has 0 saturated heterocycles. The lowest BCUT2D eigenvalue weighted by atomic mass is 9.88. The molecule has 0 N–H and O–H groups in total. The first-order chi connectivity index (χ1) is 14.2. The van der Waals surface area contributed by atoms with Gasteiger partial charge in [0.25, 0.3) is 0 Å². The summed E-state index contributed by atoms with van der Waals surface area (Å²) in [5, 5.41) is 0. The number of allylic oxidation sites excluding steroid dienone is 1. The Kier molecular flexibility index (Phi) is 14.5. The average molecular weight is 469 g/mol. The van der Waals surface area contributed by atoms with E-state index < -0.39 is 0 Å². The summed E-state index contributed by atoms with van der Waals surface area (Å²) >= 11 is 0. The molecule has 0 saturated carbocycles. The molecule has 1 aromatic carbocycles. The van der Waals surface area contributed by atoms with E-state index in [-0.39, 0.29) is 47.3 Å². The molecule has 1 atom stereocenters. The molecule has 1 rings (SSSR count). The summed E-state index contributed by atoms with van der Waals surface area (Å²) in [4.78, 5) is 25.0. The largest absolute Gasteiger partial charge is 0.501 e. The van der Waals surface area contributed by atoms with E-state index in [4.69, 9.17) is 9.47 Å². The van der Waals surface area contributed by atoms with Crippen LogP contribution in [0.15, 0.2) is 30.5 Å². The number of carbonyl (C=O) groups excluding carboxylic acids is 2. The highest BCUT2D eigenvalue weighted by Crippen LogP contribution is 2.28. The maximum atomic E-state index is 12.5. The molecule has 0 aliphatic rings. The van der Waals surface area contributed by atoms with Crippen molar-refractivity contribution in [3.05, 3.63) is 41.7 Å². The van der Waals surface area contributed by atoms with Crippen LogP contribution in [0.2, 0.25) is 0 Å². The van der Waals surface area contributed by atoms with Gasteiger partial charge in [0.05, 0.1) is 19.3 Å². The van der Waals surface area contributed by atoms with Gasteiger partial charge in [-0.1, -0.05) is 81.0 Å². The Morgan fingerprint density at radius 2 is 1.53 bits per heavy atom. The Bertz CT molecular complexity index is 739. The van der Waals surface area contributed by atoms with Crippen LogP contribution < -0.4 is 4.74 Å². The van der Waals surface area contributed by atoms with Gasteiger partial charge in [0.1, 0.15) is 11.5 Å². The molecule has 32 heavy (non-hydrogen) atoms. The molecule has 0 aromatic heterocycles. The quantitative estimate of drug-likeness (QED) is 0.216. The van der Waals surface area contributed by atoms with Crippen LogP contribution in [0, 0.1) is 16.7 Å². The number of carbonyl (C=O) groups is 2. The van der Waals surface area contributed by atoms with E-state index in [2.05, 4.69) is 6.58 Å². The number of hydrogen-bond acceptors (Lipinski definition) is 4. The molecule has 0 amide bonds. The lowest BCUT2D eigenvalue weighted by Crippen LogP contribution is -2.19. The summed E-state index contributed by atoms with van der Waals surface area (Å²) in [6, 6.07) is 5.76. The molecule has 0 spiro atoms. The molecular weight excluding hydrogens is 424 g/mol. The van der Waals surface area contributed by atoms with Crippen LogP contribution in [0.3, 0.4) is 0 Å². The number of methoxy groups -OCH3 is 1. The van der Waals surface area contributed by atoms with Crippen molar-refractivity contribution >= 4 is 24.2 Å². The average Bonchev–Trinajstić information content (AvgIpc) is 2.61. The topological polar surface area (TPSA) is 52.6 Å². The highest BCUT2D eigenvalue weighted by molar-refractivity contribution is 5.85. The van der Waals surface area contributed by atoms with Crippen LogP contribution in [0.4, 0.5) is 0 Å². The van der Waals surface area contributed by atoms with Gasteiger partial charge in [0.2, 0.25) is 0 Å². The zero-order chi connectivity index (χ0) is 24.4. The number of halogens is 1. The minimum Gasteiger partial charge on any atom is -0.501 e. The maximum Gasteiger partial charge on any atom is 0.311 e. The Labute approximate surface area is 202 Å². The highest BCUT2D eigenvalue weighted by atomic mass is 35.5. The fraction of sp³-hybridized carbons (Fsp3) is 0.630. The summed E-state index contributed by atoms with van der Waals surface area (Å²) in [7, 11) is 1.61. The minimum atomic E-state index is -0.284. The summed E-state index contributed by atoms with van der Waals surface area (Å²) in [5.74, 6) is 1.18.